The highest BCUT2D eigenvalue weighted by molar-refractivity contribution is 5.40. The van der Waals surface area contributed by atoms with Gasteiger partial charge in [-0.2, -0.15) is 0 Å². The quantitative estimate of drug-likeness (QED) is 0.841. The van der Waals surface area contributed by atoms with Gasteiger partial charge in [-0.1, -0.05) is 19.9 Å². The fourth-order valence-electron chi connectivity index (χ4n) is 2.24. The van der Waals surface area contributed by atoms with Gasteiger partial charge in [0.15, 0.2) is 0 Å². The molecule has 1 N–H and O–H groups in total. The second-order valence-corrected chi connectivity index (χ2v) is 4.88. The zero-order valence-corrected chi connectivity index (χ0v) is 10.4. The highest BCUT2D eigenvalue weighted by atomic mass is 15.2. The zero-order valence-electron chi connectivity index (χ0n) is 10.4. The van der Waals surface area contributed by atoms with Gasteiger partial charge in [0.25, 0.3) is 0 Å². The molecule has 3 heteroatoms. The van der Waals surface area contributed by atoms with E-state index in [1.807, 2.05) is 7.05 Å². The number of nitrogens with one attached hydrogen (secondary N) is 1. The molecule has 1 aromatic rings. The Morgan fingerprint density at radius 3 is 2.62 bits per heavy atom. The van der Waals surface area contributed by atoms with Crippen LogP contribution in [0.1, 0.15) is 19.5 Å². The fraction of sp³-hybridized carbons (Fsp3) is 0.615. The van der Waals surface area contributed by atoms with Gasteiger partial charge in [0, 0.05) is 19.6 Å². The van der Waals surface area contributed by atoms with Crippen LogP contribution < -0.4 is 10.2 Å². The van der Waals surface area contributed by atoms with Crippen molar-refractivity contribution in [3.8, 4) is 0 Å². The lowest BCUT2D eigenvalue weighted by Gasteiger charge is -2.17. The number of anilines is 1. The number of aromatic nitrogens is 1. The van der Waals surface area contributed by atoms with Crippen LogP contribution >= 0.6 is 0 Å². The largest absolute Gasteiger partial charge is 0.356 e. The van der Waals surface area contributed by atoms with Crippen LogP contribution in [0.5, 0.6) is 0 Å². The molecule has 0 saturated carbocycles. The van der Waals surface area contributed by atoms with Crippen molar-refractivity contribution in [1.82, 2.24) is 10.3 Å². The lowest BCUT2D eigenvalue weighted by molar-refractivity contribution is 0.494. The maximum Gasteiger partial charge on any atom is 0.128 e. The molecule has 2 unspecified atom stereocenters. The molecule has 1 aliphatic rings. The highest BCUT2D eigenvalue weighted by Gasteiger charge is 2.26. The third kappa shape index (κ3) is 2.35. The zero-order chi connectivity index (χ0) is 11.5. The number of hydrogen-bond acceptors (Lipinski definition) is 3. The van der Waals surface area contributed by atoms with E-state index in [1.165, 1.54) is 0 Å². The average Bonchev–Trinajstić information content (AvgIpc) is 2.60. The number of hydrogen-bond donors (Lipinski definition) is 1. The molecule has 1 fully saturated rings. The molecule has 88 valence electrons. The Labute approximate surface area is 97.9 Å². The summed E-state index contributed by atoms with van der Waals surface area (Å²) >= 11 is 0. The number of pyridine rings is 1. The first-order valence-corrected chi connectivity index (χ1v) is 6.06. The van der Waals surface area contributed by atoms with Gasteiger partial charge in [-0.25, -0.2) is 4.98 Å². The maximum absolute atomic E-state index is 4.68. The molecule has 16 heavy (non-hydrogen) atoms. The van der Waals surface area contributed by atoms with Crippen molar-refractivity contribution in [2.75, 3.05) is 25.0 Å². The Bertz CT molecular complexity index is 341. The van der Waals surface area contributed by atoms with Crippen molar-refractivity contribution in [1.29, 1.82) is 0 Å². The summed E-state index contributed by atoms with van der Waals surface area (Å²) in [5, 5.41) is 3.14. The van der Waals surface area contributed by atoms with Crippen molar-refractivity contribution in [2.24, 2.45) is 11.8 Å². The summed E-state index contributed by atoms with van der Waals surface area (Å²) in [6.45, 7) is 7.76. The monoisotopic (exact) mass is 219 g/mol. The first kappa shape index (κ1) is 11.4. The Kier molecular flexibility index (Phi) is 3.44. The van der Waals surface area contributed by atoms with E-state index in [0.29, 0.717) is 0 Å². The van der Waals surface area contributed by atoms with Crippen LogP contribution in [-0.2, 0) is 6.54 Å². The van der Waals surface area contributed by atoms with Crippen LogP contribution in [-0.4, -0.2) is 25.1 Å². The third-order valence-electron chi connectivity index (χ3n) is 3.46. The van der Waals surface area contributed by atoms with Crippen molar-refractivity contribution < 1.29 is 0 Å². The normalized spacial score (nSPS) is 25.1. The molecular weight excluding hydrogens is 198 g/mol. The van der Waals surface area contributed by atoms with E-state index in [2.05, 4.69) is 47.2 Å². The predicted molar refractivity (Wildman–Crippen MR) is 67.5 cm³/mol. The summed E-state index contributed by atoms with van der Waals surface area (Å²) < 4.78 is 0. The minimum Gasteiger partial charge on any atom is -0.356 e. The van der Waals surface area contributed by atoms with E-state index in [0.717, 1.165) is 43.0 Å². The molecular formula is C13H21N3. The van der Waals surface area contributed by atoms with Gasteiger partial charge in [0.05, 0.1) is 5.69 Å². The second-order valence-electron chi connectivity index (χ2n) is 4.88. The van der Waals surface area contributed by atoms with Crippen LogP contribution in [0.3, 0.4) is 0 Å². The molecule has 3 nitrogen and oxygen atoms in total. The second kappa shape index (κ2) is 4.83. The van der Waals surface area contributed by atoms with Crippen molar-refractivity contribution in [2.45, 2.75) is 20.4 Å². The lowest BCUT2D eigenvalue weighted by atomic mass is 10.0. The summed E-state index contributed by atoms with van der Waals surface area (Å²) in [5.74, 6) is 2.67. The summed E-state index contributed by atoms with van der Waals surface area (Å²) in [7, 11) is 1.95. The number of nitrogens with zero attached hydrogens (tertiary/aromatic N) is 2. The van der Waals surface area contributed by atoms with E-state index in [-0.39, 0.29) is 0 Å². The molecule has 2 rings (SSSR count). The smallest absolute Gasteiger partial charge is 0.128 e. The van der Waals surface area contributed by atoms with Crippen LogP contribution in [0.15, 0.2) is 18.2 Å². The van der Waals surface area contributed by atoms with Gasteiger partial charge in [-0.05, 0) is 31.0 Å². The molecule has 0 bridgehead atoms. The first-order chi connectivity index (χ1) is 7.70. The molecule has 0 radical (unpaired) electrons. The average molecular weight is 219 g/mol. The van der Waals surface area contributed by atoms with E-state index in [1.54, 1.807) is 0 Å². The molecule has 1 saturated heterocycles. The Balaban J connectivity index is 2.12. The molecule has 2 heterocycles. The van der Waals surface area contributed by atoms with E-state index < -0.39 is 0 Å². The molecule has 1 aromatic heterocycles. The first-order valence-electron chi connectivity index (χ1n) is 6.06. The lowest BCUT2D eigenvalue weighted by Crippen LogP contribution is -2.21. The molecule has 0 spiro atoms. The van der Waals surface area contributed by atoms with Gasteiger partial charge in [0.2, 0.25) is 0 Å². The van der Waals surface area contributed by atoms with Crippen molar-refractivity contribution >= 4 is 5.82 Å². The van der Waals surface area contributed by atoms with Gasteiger partial charge in [0.1, 0.15) is 5.82 Å². The SMILES string of the molecule is CNCc1cccc(N2CC(C)C(C)C2)n1. The minimum atomic E-state index is 0.773. The molecule has 0 amide bonds. The third-order valence-corrected chi connectivity index (χ3v) is 3.46. The van der Waals surface area contributed by atoms with Crippen LogP contribution in [0.4, 0.5) is 5.82 Å². The fourth-order valence-corrected chi connectivity index (χ4v) is 2.24. The van der Waals surface area contributed by atoms with Crippen LogP contribution in [0.25, 0.3) is 0 Å². The van der Waals surface area contributed by atoms with Crippen molar-refractivity contribution in [3.05, 3.63) is 23.9 Å². The number of rotatable bonds is 3. The van der Waals surface area contributed by atoms with Gasteiger partial charge in [-0.15, -0.1) is 0 Å². The topological polar surface area (TPSA) is 28.2 Å². The Morgan fingerprint density at radius 2 is 2.00 bits per heavy atom. The molecule has 2 atom stereocenters. The Hall–Kier alpha value is -1.09. The molecule has 0 aromatic carbocycles. The minimum absolute atomic E-state index is 0.773. The van der Waals surface area contributed by atoms with Gasteiger partial charge < -0.3 is 10.2 Å². The standard InChI is InChI=1S/C13H21N3/c1-10-8-16(9-11(10)2)13-6-4-5-12(15-13)7-14-3/h4-6,10-11,14H,7-9H2,1-3H3. The molecule has 1 aliphatic heterocycles. The highest BCUT2D eigenvalue weighted by Crippen LogP contribution is 2.26. The summed E-state index contributed by atoms with van der Waals surface area (Å²) in [4.78, 5) is 7.07. The summed E-state index contributed by atoms with van der Waals surface area (Å²) in [6, 6.07) is 6.29. The van der Waals surface area contributed by atoms with E-state index in [4.69, 9.17) is 0 Å². The summed E-state index contributed by atoms with van der Waals surface area (Å²) in [5.41, 5.74) is 1.12. The predicted octanol–water partition coefficient (Wildman–Crippen LogP) is 1.89. The maximum atomic E-state index is 4.68. The van der Waals surface area contributed by atoms with E-state index in [9.17, 15) is 0 Å². The van der Waals surface area contributed by atoms with Crippen LogP contribution in [0.2, 0.25) is 0 Å². The summed E-state index contributed by atoms with van der Waals surface area (Å²) in [6.07, 6.45) is 0. The van der Waals surface area contributed by atoms with Gasteiger partial charge in [-0.3, -0.25) is 0 Å². The van der Waals surface area contributed by atoms with Crippen LogP contribution in [0, 0.1) is 11.8 Å². The van der Waals surface area contributed by atoms with E-state index >= 15 is 0 Å². The molecule has 0 aliphatic carbocycles. The van der Waals surface area contributed by atoms with Gasteiger partial charge >= 0.3 is 0 Å². The Morgan fingerprint density at radius 1 is 1.31 bits per heavy atom. The van der Waals surface area contributed by atoms with Crippen molar-refractivity contribution in [3.63, 3.8) is 0 Å².